The van der Waals surface area contributed by atoms with Gasteiger partial charge < -0.3 is 15.8 Å². The van der Waals surface area contributed by atoms with Crippen molar-refractivity contribution in [1.82, 2.24) is 9.62 Å². The molecule has 3 N–H and O–H groups in total. The van der Waals surface area contributed by atoms with Gasteiger partial charge in [0.25, 0.3) is 10.0 Å². The average Bonchev–Trinajstić information content (AvgIpc) is 3.14. The summed E-state index contributed by atoms with van der Waals surface area (Å²) in [6.45, 7) is 4.16. The van der Waals surface area contributed by atoms with Crippen molar-refractivity contribution in [3.05, 3.63) is 30.2 Å². The summed E-state index contributed by atoms with van der Waals surface area (Å²) >= 11 is 1.11. The Balaban J connectivity index is 2.17. The van der Waals surface area contributed by atoms with E-state index < -0.39 is 27.9 Å². The van der Waals surface area contributed by atoms with Crippen LogP contribution < -0.4 is 11.1 Å². The molecule has 26 heavy (non-hydrogen) atoms. The number of amides is 2. The molecule has 10 heteroatoms. The molecule has 0 saturated carbocycles. The van der Waals surface area contributed by atoms with Gasteiger partial charge in [-0.1, -0.05) is 12.1 Å². The quantitative estimate of drug-likeness (QED) is 0.583. The van der Waals surface area contributed by atoms with Crippen molar-refractivity contribution in [2.45, 2.75) is 35.6 Å². The second-order valence-corrected chi connectivity index (χ2v) is 8.90. The smallest absolute Gasteiger partial charge is 0.253 e. The maximum absolute atomic E-state index is 12.9. The van der Waals surface area contributed by atoms with Crippen LogP contribution in [0.4, 0.5) is 0 Å². The van der Waals surface area contributed by atoms with Gasteiger partial charge in [0.15, 0.2) is 0 Å². The molecule has 1 aromatic rings. The Morgan fingerprint density at radius 1 is 1.50 bits per heavy atom. The van der Waals surface area contributed by atoms with Crippen LogP contribution in [0.1, 0.15) is 19.3 Å². The van der Waals surface area contributed by atoms with Crippen LogP contribution in [0.15, 0.2) is 34.4 Å². The summed E-state index contributed by atoms with van der Waals surface area (Å²) < 4.78 is 32.8. The highest BCUT2D eigenvalue weighted by molar-refractivity contribution is 7.91. The van der Waals surface area contributed by atoms with Gasteiger partial charge in [-0.15, -0.1) is 17.9 Å². The molecule has 0 unspecified atom stereocenters. The lowest BCUT2D eigenvalue weighted by Crippen LogP contribution is -2.55. The number of hydrogen-bond donors (Lipinski definition) is 2. The fraction of sp³-hybridized carbons (Fsp3) is 0.500. The Kier molecular flexibility index (Phi) is 7.33. The number of nitrogens with two attached hydrogens (primary N) is 1. The molecular formula is C16H23N3O5S2. The van der Waals surface area contributed by atoms with Crippen molar-refractivity contribution in [3.63, 3.8) is 0 Å². The first-order valence-corrected chi connectivity index (χ1v) is 10.5. The molecule has 1 fully saturated rings. The van der Waals surface area contributed by atoms with Gasteiger partial charge in [0.05, 0.1) is 12.7 Å². The highest BCUT2D eigenvalue weighted by atomic mass is 32.2. The number of thiophene rings is 1. The lowest BCUT2D eigenvalue weighted by molar-refractivity contribution is -0.127. The molecule has 1 aromatic heterocycles. The van der Waals surface area contributed by atoms with Gasteiger partial charge in [0.1, 0.15) is 10.3 Å². The first kappa shape index (κ1) is 20.6. The van der Waals surface area contributed by atoms with E-state index in [1.807, 2.05) is 0 Å². The Hall–Kier alpha value is -1.75. The van der Waals surface area contributed by atoms with E-state index in [-0.39, 0.29) is 36.2 Å². The predicted molar refractivity (Wildman–Crippen MR) is 98.0 cm³/mol. The van der Waals surface area contributed by atoms with Crippen LogP contribution in [0.3, 0.4) is 0 Å². The van der Waals surface area contributed by atoms with Crippen molar-refractivity contribution in [2.75, 3.05) is 19.7 Å². The molecule has 144 valence electrons. The number of rotatable bonds is 9. The van der Waals surface area contributed by atoms with E-state index in [2.05, 4.69) is 11.9 Å². The van der Waals surface area contributed by atoms with E-state index in [0.29, 0.717) is 13.0 Å². The van der Waals surface area contributed by atoms with Gasteiger partial charge in [-0.2, -0.15) is 4.31 Å². The standard InChI is InChI=1S/C16H23N3O5S2/c1-2-9-24-12-6-8-19(26(22,23)15-4-3-10-25-15)13(11-12)16(21)18-7-5-14(17)20/h2-4,10,12-13H,1,5-9,11H2,(H2,17,20)(H,18,21)/t12-,13+/m1/s1. The monoisotopic (exact) mass is 401 g/mol. The zero-order valence-corrected chi connectivity index (χ0v) is 15.9. The molecule has 2 rings (SSSR count). The maximum atomic E-state index is 12.9. The fourth-order valence-corrected chi connectivity index (χ4v) is 5.48. The minimum Gasteiger partial charge on any atom is -0.374 e. The van der Waals surface area contributed by atoms with E-state index in [9.17, 15) is 18.0 Å². The number of piperidine rings is 1. The second kappa shape index (κ2) is 9.26. The molecule has 0 radical (unpaired) electrons. The molecule has 0 aliphatic carbocycles. The topological polar surface area (TPSA) is 119 Å². The first-order chi connectivity index (χ1) is 12.4. The Labute approximate surface area is 157 Å². The van der Waals surface area contributed by atoms with Crippen LogP contribution in [0.5, 0.6) is 0 Å². The Bertz CT molecular complexity index is 733. The van der Waals surface area contributed by atoms with Crippen LogP contribution in [-0.2, 0) is 24.3 Å². The second-order valence-electron chi connectivity index (χ2n) is 5.84. The zero-order chi connectivity index (χ0) is 19.2. The summed E-state index contributed by atoms with van der Waals surface area (Å²) in [5.74, 6) is -0.998. The molecule has 8 nitrogen and oxygen atoms in total. The Morgan fingerprint density at radius 3 is 2.88 bits per heavy atom. The van der Waals surface area contributed by atoms with Gasteiger partial charge in [0.2, 0.25) is 11.8 Å². The third-order valence-electron chi connectivity index (χ3n) is 3.99. The van der Waals surface area contributed by atoms with Crippen LogP contribution in [0.25, 0.3) is 0 Å². The van der Waals surface area contributed by atoms with Crippen molar-refractivity contribution >= 4 is 33.2 Å². The van der Waals surface area contributed by atoms with Gasteiger partial charge in [-0.3, -0.25) is 9.59 Å². The molecule has 2 heterocycles. The predicted octanol–water partition coefficient (Wildman–Crippen LogP) is 0.464. The SMILES string of the molecule is C=CCO[C@@H]1CCN(S(=O)(=O)c2cccs2)[C@H](C(=O)NCCC(N)=O)C1. The van der Waals surface area contributed by atoms with E-state index in [0.717, 1.165) is 11.3 Å². The van der Waals surface area contributed by atoms with Crippen LogP contribution in [0.2, 0.25) is 0 Å². The molecule has 0 bridgehead atoms. The molecule has 0 spiro atoms. The van der Waals surface area contributed by atoms with E-state index >= 15 is 0 Å². The van der Waals surface area contributed by atoms with Gasteiger partial charge >= 0.3 is 0 Å². The third-order valence-corrected chi connectivity index (χ3v) is 7.27. The van der Waals surface area contributed by atoms with E-state index in [1.165, 1.54) is 10.4 Å². The highest BCUT2D eigenvalue weighted by Crippen LogP contribution is 2.29. The van der Waals surface area contributed by atoms with Crippen molar-refractivity contribution < 1.29 is 22.7 Å². The Morgan fingerprint density at radius 2 is 2.27 bits per heavy atom. The summed E-state index contributed by atoms with van der Waals surface area (Å²) in [5.41, 5.74) is 5.07. The molecular weight excluding hydrogens is 378 g/mol. The number of carbonyl (C=O) groups is 2. The first-order valence-electron chi connectivity index (χ1n) is 8.20. The molecule has 2 atom stereocenters. The highest BCUT2D eigenvalue weighted by Gasteiger charge is 2.41. The molecule has 1 aliphatic rings. The van der Waals surface area contributed by atoms with E-state index in [4.69, 9.17) is 10.5 Å². The zero-order valence-electron chi connectivity index (χ0n) is 14.3. The summed E-state index contributed by atoms with van der Waals surface area (Å²) in [6.07, 6.45) is 2.09. The number of carbonyl (C=O) groups excluding carboxylic acids is 2. The van der Waals surface area contributed by atoms with Gasteiger partial charge in [-0.25, -0.2) is 8.42 Å². The number of nitrogens with zero attached hydrogens (tertiary/aromatic N) is 1. The largest absolute Gasteiger partial charge is 0.374 e. The average molecular weight is 402 g/mol. The maximum Gasteiger partial charge on any atom is 0.253 e. The molecule has 0 aromatic carbocycles. The molecule has 2 amide bonds. The lowest BCUT2D eigenvalue weighted by atomic mass is 10.0. The lowest BCUT2D eigenvalue weighted by Gasteiger charge is -2.37. The number of nitrogens with one attached hydrogen (secondary N) is 1. The number of ether oxygens (including phenoxy) is 1. The normalized spacial score (nSPS) is 21.2. The number of sulfonamides is 1. The van der Waals surface area contributed by atoms with Gasteiger partial charge in [0, 0.05) is 19.5 Å². The van der Waals surface area contributed by atoms with Crippen LogP contribution in [0, 0.1) is 0 Å². The van der Waals surface area contributed by atoms with Gasteiger partial charge in [-0.05, 0) is 24.3 Å². The summed E-state index contributed by atoms with van der Waals surface area (Å²) in [4.78, 5) is 23.4. The summed E-state index contributed by atoms with van der Waals surface area (Å²) in [5, 5.41) is 4.26. The minimum absolute atomic E-state index is 0.00741. The minimum atomic E-state index is -3.77. The van der Waals surface area contributed by atoms with Crippen molar-refractivity contribution in [1.29, 1.82) is 0 Å². The molecule has 1 saturated heterocycles. The third kappa shape index (κ3) is 5.13. The van der Waals surface area contributed by atoms with Crippen molar-refractivity contribution in [3.8, 4) is 0 Å². The van der Waals surface area contributed by atoms with Crippen LogP contribution >= 0.6 is 11.3 Å². The van der Waals surface area contributed by atoms with Crippen LogP contribution in [-0.4, -0.2) is 56.4 Å². The molecule has 1 aliphatic heterocycles. The van der Waals surface area contributed by atoms with Crippen molar-refractivity contribution in [2.24, 2.45) is 5.73 Å². The summed E-state index contributed by atoms with van der Waals surface area (Å²) in [7, 11) is -3.77. The fourth-order valence-electron chi connectivity index (χ4n) is 2.75. The van der Waals surface area contributed by atoms with E-state index in [1.54, 1.807) is 17.5 Å². The summed E-state index contributed by atoms with van der Waals surface area (Å²) in [6, 6.07) is 2.26. The number of hydrogen-bond acceptors (Lipinski definition) is 6. The number of primary amides is 1.